The van der Waals surface area contributed by atoms with Crippen LogP contribution in [0.1, 0.15) is 18.4 Å². The van der Waals surface area contributed by atoms with Gasteiger partial charge in [-0.3, -0.25) is 9.78 Å². The molecule has 0 saturated heterocycles. The molecule has 6 nitrogen and oxygen atoms in total. The number of amides is 1. The van der Waals surface area contributed by atoms with Gasteiger partial charge >= 0.3 is 0 Å². The van der Waals surface area contributed by atoms with E-state index in [1.54, 1.807) is 0 Å². The van der Waals surface area contributed by atoms with Gasteiger partial charge in [0.1, 0.15) is 0 Å². The molecule has 0 aliphatic rings. The van der Waals surface area contributed by atoms with Crippen molar-refractivity contribution in [1.29, 1.82) is 0 Å². The molecule has 0 radical (unpaired) electrons. The third-order valence-corrected chi connectivity index (χ3v) is 4.17. The fourth-order valence-electron chi connectivity index (χ4n) is 1.83. The molecular formula is C14H13F2N3O3S. The molecule has 0 atom stereocenters. The molecule has 0 aliphatic carbocycles. The van der Waals surface area contributed by atoms with Crippen molar-refractivity contribution < 1.29 is 22.0 Å². The number of rotatable bonds is 6. The average Bonchev–Trinajstić information content (AvgIpc) is 2.51. The minimum absolute atomic E-state index is 0.0848. The maximum Gasteiger partial charge on any atom is 0.283 e. The summed E-state index contributed by atoms with van der Waals surface area (Å²) in [4.78, 5) is 18.9. The molecule has 2 aromatic rings. The number of nitrogens with one attached hydrogen (secondary N) is 1. The minimum atomic E-state index is -4.05. The third kappa shape index (κ3) is 4.78. The van der Waals surface area contributed by atoms with Crippen LogP contribution in [0.4, 0.5) is 8.78 Å². The fourth-order valence-corrected chi connectivity index (χ4v) is 2.73. The lowest BCUT2D eigenvalue weighted by Gasteiger charge is -2.06. The molecule has 122 valence electrons. The van der Waals surface area contributed by atoms with Crippen LogP contribution in [0.25, 0.3) is 0 Å². The Hall–Kier alpha value is -2.42. The number of carbonyl (C=O) groups is 1. The second-order valence-corrected chi connectivity index (χ2v) is 6.30. The largest absolute Gasteiger partial charge is 0.283 e. The predicted molar refractivity (Wildman–Crippen MR) is 76.7 cm³/mol. The lowest BCUT2D eigenvalue weighted by Crippen LogP contribution is -2.31. The van der Waals surface area contributed by atoms with Crippen LogP contribution in [-0.2, 0) is 21.2 Å². The topological polar surface area (TPSA) is 89.0 Å². The van der Waals surface area contributed by atoms with Crippen molar-refractivity contribution >= 4 is 15.9 Å². The lowest BCUT2D eigenvalue weighted by atomic mass is 10.1. The Labute approximate surface area is 131 Å². The van der Waals surface area contributed by atoms with Crippen molar-refractivity contribution in [1.82, 2.24) is 14.7 Å². The van der Waals surface area contributed by atoms with E-state index >= 15 is 0 Å². The second-order valence-electron chi connectivity index (χ2n) is 4.67. The van der Waals surface area contributed by atoms with Crippen LogP contribution in [0.15, 0.2) is 41.8 Å². The molecule has 0 fully saturated rings. The van der Waals surface area contributed by atoms with E-state index in [0.717, 1.165) is 18.3 Å². The van der Waals surface area contributed by atoms with Gasteiger partial charge in [-0.2, -0.15) is 8.42 Å². The molecule has 23 heavy (non-hydrogen) atoms. The van der Waals surface area contributed by atoms with E-state index in [4.69, 9.17) is 0 Å². The molecule has 2 rings (SSSR count). The van der Waals surface area contributed by atoms with Crippen molar-refractivity contribution in [2.45, 2.75) is 24.3 Å². The van der Waals surface area contributed by atoms with Crippen LogP contribution in [0.5, 0.6) is 0 Å². The molecule has 0 saturated carbocycles. The summed E-state index contributed by atoms with van der Waals surface area (Å²) in [6, 6.07) is 3.46. The number of carbonyl (C=O) groups excluding carboxylic acids is 1. The summed E-state index contributed by atoms with van der Waals surface area (Å²) in [5, 5.41) is -0.353. The second kappa shape index (κ2) is 7.23. The van der Waals surface area contributed by atoms with Gasteiger partial charge in [-0.1, -0.05) is 6.07 Å². The average molecular weight is 341 g/mol. The Kier molecular flexibility index (Phi) is 5.32. The highest BCUT2D eigenvalue weighted by atomic mass is 32.2. The molecule has 0 spiro atoms. The zero-order valence-corrected chi connectivity index (χ0v) is 12.7. The number of aromatic nitrogens is 2. The van der Waals surface area contributed by atoms with Gasteiger partial charge in [0.05, 0.1) is 6.20 Å². The molecule has 0 aliphatic heterocycles. The number of hydrogen-bond acceptors (Lipinski definition) is 5. The maximum atomic E-state index is 13.0. The smallest absolute Gasteiger partial charge is 0.274 e. The number of halogens is 2. The Morgan fingerprint density at radius 3 is 2.61 bits per heavy atom. The molecule has 1 amide bonds. The third-order valence-electron chi connectivity index (χ3n) is 2.92. The molecule has 1 aromatic heterocycles. The van der Waals surface area contributed by atoms with Gasteiger partial charge in [0.2, 0.25) is 5.91 Å². The van der Waals surface area contributed by atoms with Crippen LogP contribution < -0.4 is 4.72 Å². The summed E-state index contributed by atoms with van der Waals surface area (Å²) in [6.45, 7) is 0. The molecular weight excluding hydrogens is 328 g/mol. The van der Waals surface area contributed by atoms with Crippen molar-refractivity contribution in [2.75, 3.05) is 0 Å². The van der Waals surface area contributed by atoms with Crippen molar-refractivity contribution in [3.63, 3.8) is 0 Å². The summed E-state index contributed by atoms with van der Waals surface area (Å²) in [5.41, 5.74) is 0.522. The Morgan fingerprint density at radius 2 is 1.96 bits per heavy atom. The maximum absolute atomic E-state index is 13.0. The normalized spacial score (nSPS) is 11.2. The molecule has 1 aromatic carbocycles. The molecule has 0 bridgehead atoms. The van der Waals surface area contributed by atoms with Crippen molar-refractivity contribution in [2.24, 2.45) is 0 Å². The van der Waals surface area contributed by atoms with E-state index in [9.17, 15) is 22.0 Å². The van der Waals surface area contributed by atoms with Gasteiger partial charge in [0.15, 0.2) is 16.7 Å². The zero-order chi connectivity index (χ0) is 16.9. The van der Waals surface area contributed by atoms with Crippen LogP contribution in [0, 0.1) is 11.6 Å². The van der Waals surface area contributed by atoms with Gasteiger partial charge in [-0.05, 0) is 30.5 Å². The van der Waals surface area contributed by atoms with E-state index in [0.29, 0.717) is 12.0 Å². The molecule has 1 heterocycles. The summed E-state index contributed by atoms with van der Waals surface area (Å²) in [6.07, 6.45) is 4.04. The van der Waals surface area contributed by atoms with E-state index in [-0.39, 0.29) is 17.9 Å². The highest BCUT2D eigenvalue weighted by molar-refractivity contribution is 7.90. The van der Waals surface area contributed by atoms with Crippen LogP contribution in [0.2, 0.25) is 0 Å². The zero-order valence-electron chi connectivity index (χ0n) is 11.9. The van der Waals surface area contributed by atoms with E-state index in [1.807, 2.05) is 4.72 Å². The first-order valence-electron chi connectivity index (χ1n) is 6.64. The molecule has 0 unspecified atom stereocenters. The highest BCUT2D eigenvalue weighted by Gasteiger charge is 2.18. The minimum Gasteiger partial charge on any atom is -0.274 e. The number of aryl methyl sites for hydroxylation is 1. The Bertz CT molecular complexity index is 798. The van der Waals surface area contributed by atoms with E-state index < -0.39 is 27.6 Å². The van der Waals surface area contributed by atoms with Crippen molar-refractivity contribution in [3.8, 4) is 0 Å². The van der Waals surface area contributed by atoms with Gasteiger partial charge in [0, 0.05) is 18.8 Å². The number of nitrogens with zero attached hydrogens (tertiary/aromatic N) is 2. The lowest BCUT2D eigenvalue weighted by molar-refractivity contribution is -0.119. The molecule has 1 N–H and O–H groups in total. The van der Waals surface area contributed by atoms with Gasteiger partial charge in [-0.25, -0.2) is 18.5 Å². The summed E-state index contributed by atoms with van der Waals surface area (Å²) in [5.74, 6) is -2.61. The standard InChI is InChI=1S/C14H13F2N3O3S/c15-11-5-4-10(8-12(11)16)2-1-3-13(20)19-23(21,22)14-9-17-6-7-18-14/h4-9H,1-3H2,(H,19,20). The number of hydrogen-bond donors (Lipinski definition) is 1. The summed E-state index contributed by atoms with van der Waals surface area (Å²) < 4.78 is 51.3. The number of sulfonamides is 1. The first-order chi connectivity index (χ1) is 10.9. The van der Waals surface area contributed by atoms with Gasteiger partial charge < -0.3 is 0 Å². The van der Waals surface area contributed by atoms with Crippen LogP contribution in [-0.4, -0.2) is 24.3 Å². The van der Waals surface area contributed by atoms with Gasteiger partial charge in [-0.15, -0.1) is 0 Å². The summed E-state index contributed by atoms with van der Waals surface area (Å²) in [7, 11) is -4.05. The van der Waals surface area contributed by atoms with Crippen LogP contribution >= 0.6 is 0 Å². The number of benzene rings is 1. The first kappa shape index (κ1) is 16.9. The fraction of sp³-hybridized carbons (Fsp3) is 0.214. The van der Waals surface area contributed by atoms with Gasteiger partial charge in [0.25, 0.3) is 10.0 Å². The SMILES string of the molecule is O=C(CCCc1ccc(F)c(F)c1)NS(=O)(=O)c1cnccn1. The first-order valence-corrected chi connectivity index (χ1v) is 8.12. The predicted octanol–water partition coefficient (Wildman–Crippen LogP) is 1.58. The molecule has 9 heteroatoms. The van der Waals surface area contributed by atoms with Crippen LogP contribution in [0.3, 0.4) is 0 Å². The quantitative estimate of drug-likeness (QED) is 0.862. The highest BCUT2D eigenvalue weighted by Crippen LogP contribution is 2.11. The summed E-state index contributed by atoms with van der Waals surface area (Å²) >= 11 is 0. The van der Waals surface area contributed by atoms with E-state index in [1.165, 1.54) is 18.5 Å². The van der Waals surface area contributed by atoms with E-state index in [2.05, 4.69) is 9.97 Å². The Balaban J connectivity index is 1.87. The Morgan fingerprint density at radius 1 is 1.17 bits per heavy atom. The monoisotopic (exact) mass is 341 g/mol. The van der Waals surface area contributed by atoms with Crippen molar-refractivity contribution in [3.05, 3.63) is 54.0 Å².